The Morgan fingerprint density at radius 3 is 2.58 bits per heavy atom. The largest absolute Gasteiger partial charge is 0.486 e. The van der Waals surface area contributed by atoms with Crippen LogP contribution >= 0.6 is 0 Å². The Morgan fingerprint density at radius 1 is 1.08 bits per heavy atom. The van der Waals surface area contributed by atoms with Gasteiger partial charge in [-0.05, 0) is 25.0 Å². The van der Waals surface area contributed by atoms with Crippen LogP contribution in [0.3, 0.4) is 0 Å². The highest BCUT2D eigenvalue weighted by Gasteiger charge is 2.13. The smallest absolute Gasteiger partial charge is 0.247 e. The Hall–Kier alpha value is -2.57. The fraction of sp³-hybridized carbons (Fsp3) is 0.471. The predicted octanol–water partition coefficient (Wildman–Crippen LogP) is 3.01. The summed E-state index contributed by atoms with van der Waals surface area (Å²) in [6.45, 7) is 7.29. The van der Waals surface area contributed by atoms with E-state index >= 15 is 0 Å². The molecule has 0 saturated heterocycles. The van der Waals surface area contributed by atoms with Crippen molar-refractivity contribution in [2.24, 2.45) is 0 Å². The molecule has 7 nitrogen and oxygen atoms in total. The molecule has 24 heavy (non-hydrogen) atoms. The maximum Gasteiger partial charge on any atom is 0.247 e. The summed E-state index contributed by atoms with van der Waals surface area (Å²) >= 11 is 0. The molecule has 0 saturated carbocycles. The third kappa shape index (κ3) is 3.84. The molecule has 0 bridgehead atoms. The van der Waals surface area contributed by atoms with Crippen LogP contribution in [0.25, 0.3) is 0 Å². The SMILES string of the molecule is CCCN(CCC)c1nncc(Nc2ccc3c(c2)OCCO3)n1. The van der Waals surface area contributed by atoms with E-state index in [9.17, 15) is 0 Å². The molecule has 0 atom stereocenters. The van der Waals surface area contributed by atoms with Gasteiger partial charge in [-0.1, -0.05) is 13.8 Å². The van der Waals surface area contributed by atoms with E-state index in [1.165, 1.54) is 0 Å². The quantitative estimate of drug-likeness (QED) is 0.837. The van der Waals surface area contributed by atoms with Crippen LogP contribution in [0, 0.1) is 0 Å². The van der Waals surface area contributed by atoms with Crippen LogP contribution in [0.2, 0.25) is 0 Å². The molecule has 3 rings (SSSR count). The van der Waals surface area contributed by atoms with Gasteiger partial charge in [-0.3, -0.25) is 0 Å². The average molecular weight is 329 g/mol. The van der Waals surface area contributed by atoms with Crippen LogP contribution < -0.4 is 19.7 Å². The molecule has 1 aliphatic heterocycles. The zero-order chi connectivity index (χ0) is 16.8. The van der Waals surface area contributed by atoms with Gasteiger partial charge in [0.25, 0.3) is 0 Å². The Morgan fingerprint density at radius 2 is 1.83 bits per heavy atom. The zero-order valence-corrected chi connectivity index (χ0v) is 14.2. The van der Waals surface area contributed by atoms with E-state index in [0.717, 1.165) is 43.1 Å². The van der Waals surface area contributed by atoms with Gasteiger partial charge in [0.2, 0.25) is 5.95 Å². The Balaban J connectivity index is 1.76. The molecule has 0 radical (unpaired) electrons. The number of nitrogens with one attached hydrogen (secondary N) is 1. The van der Waals surface area contributed by atoms with E-state index in [1.807, 2.05) is 18.2 Å². The number of hydrogen-bond donors (Lipinski definition) is 1. The number of hydrogen-bond acceptors (Lipinski definition) is 7. The lowest BCUT2D eigenvalue weighted by Gasteiger charge is -2.21. The monoisotopic (exact) mass is 329 g/mol. The number of anilines is 3. The van der Waals surface area contributed by atoms with Crippen LogP contribution in [0.15, 0.2) is 24.4 Å². The summed E-state index contributed by atoms with van der Waals surface area (Å²) in [5.41, 5.74) is 0.878. The Kier molecular flexibility index (Phi) is 5.30. The van der Waals surface area contributed by atoms with Gasteiger partial charge in [0, 0.05) is 24.8 Å². The van der Waals surface area contributed by atoms with Crippen molar-refractivity contribution in [1.82, 2.24) is 15.2 Å². The number of fused-ring (bicyclic) bond motifs is 1. The van der Waals surface area contributed by atoms with Gasteiger partial charge in [0.05, 0.1) is 6.20 Å². The first kappa shape index (κ1) is 16.3. The van der Waals surface area contributed by atoms with Gasteiger partial charge in [0.1, 0.15) is 13.2 Å². The first-order valence-corrected chi connectivity index (χ1v) is 8.41. The summed E-state index contributed by atoms with van der Waals surface area (Å²) in [6, 6.07) is 5.74. The Labute approximate surface area is 142 Å². The third-order valence-electron chi connectivity index (χ3n) is 3.63. The van der Waals surface area contributed by atoms with Crippen LogP contribution in [0.5, 0.6) is 11.5 Å². The van der Waals surface area contributed by atoms with Crippen molar-refractivity contribution in [2.75, 3.05) is 36.5 Å². The van der Waals surface area contributed by atoms with Crippen LogP contribution in [0.4, 0.5) is 17.5 Å². The van der Waals surface area contributed by atoms with Gasteiger partial charge in [0.15, 0.2) is 17.3 Å². The summed E-state index contributed by atoms with van der Waals surface area (Å²) in [4.78, 5) is 6.74. The lowest BCUT2D eigenvalue weighted by molar-refractivity contribution is 0.171. The molecule has 1 aliphatic rings. The summed E-state index contributed by atoms with van der Waals surface area (Å²) in [5.74, 6) is 2.83. The topological polar surface area (TPSA) is 72.4 Å². The summed E-state index contributed by atoms with van der Waals surface area (Å²) < 4.78 is 11.1. The molecule has 0 aliphatic carbocycles. The first-order valence-electron chi connectivity index (χ1n) is 8.41. The van der Waals surface area contributed by atoms with Crippen molar-refractivity contribution in [3.8, 4) is 11.5 Å². The van der Waals surface area contributed by atoms with E-state index in [1.54, 1.807) is 6.20 Å². The van der Waals surface area contributed by atoms with E-state index in [4.69, 9.17) is 9.47 Å². The van der Waals surface area contributed by atoms with E-state index in [2.05, 4.69) is 39.2 Å². The fourth-order valence-electron chi connectivity index (χ4n) is 2.61. The van der Waals surface area contributed by atoms with Crippen molar-refractivity contribution < 1.29 is 9.47 Å². The summed E-state index contributed by atoms with van der Waals surface area (Å²) in [6.07, 6.45) is 3.71. The molecule has 0 fully saturated rings. The molecule has 128 valence electrons. The van der Waals surface area contributed by atoms with Crippen molar-refractivity contribution in [3.63, 3.8) is 0 Å². The van der Waals surface area contributed by atoms with Gasteiger partial charge < -0.3 is 19.7 Å². The second-order valence-electron chi connectivity index (χ2n) is 5.61. The molecular formula is C17H23N5O2. The average Bonchev–Trinajstić information content (AvgIpc) is 2.62. The molecule has 1 aromatic carbocycles. The third-order valence-corrected chi connectivity index (χ3v) is 3.63. The van der Waals surface area contributed by atoms with Crippen molar-refractivity contribution in [1.29, 1.82) is 0 Å². The standard InChI is InChI=1S/C17H23N5O2/c1-3-7-22(8-4-2)17-20-16(12-18-21-17)19-13-5-6-14-15(11-13)24-10-9-23-14/h5-6,11-12H,3-4,7-10H2,1-2H3,(H,19,20,21). The lowest BCUT2D eigenvalue weighted by atomic mass is 10.2. The first-order chi connectivity index (χ1) is 11.8. The highest BCUT2D eigenvalue weighted by Crippen LogP contribution is 2.33. The molecule has 7 heteroatoms. The molecule has 0 spiro atoms. The number of aromatic nitrogens is 3. The van der Waals surface area contributed by atoms with Crippen molar-refractivity contribution >= 4 is 17.5 Å². The summed E-state index contributed by atoms with van der Waals surface area (Å²) in [5, 5.41) is 11.5. The zero-order valence-electron chi connectivity index (χ0n) is 14.2. The van der Waals surface area contributed by atoms with Crippen molar-refractivity contribution in [3.05, 3.63) is 24.4 Å². The Bertz CT molecular complexity index is 674. The molecule has 2 heterocycles. The van der Waals surface area contributed by atoms with Crippen LogP contribution in [-0.4, -0.2) is 41.5 Å². The minimum absolute atomic E-state index is 0.568. The van der Waals surface area contributed by atoms with E-state index in [-0.39, 0.29) is 0 Å². The molecule has 0 amide bonds. The van der Waals surface area contributed by atoms with E-state index < -0.39 is 0 Å². The number of nitrogens with zero attached hydrogens (tertiary/aromatic N) is 4. The molecule has 1 aromatic heterocycles. The lowest BCUT2D eigenvalue weighted by Crippen LogP contribution is -2.27. The fourth-order valence-corrected chi connectivity index (χ4v) is 2.61. The molecule has 1 N–H and O–H groups in total. The van der Waals surface area contributed by atoms with Gasteiger partial charge in [-0.15, -0.1) is 5.10 Å². The van der Waals surface area contributed by atoms with Crippen LogP contribution in [0.1, 0.15) is 26.7 Å². The number of benzene rings is 1. The van der Waals surface area contributed by atoms with Crippen LogP contribution in [-0.2, 0) is 0 Å². The summed E-state index contributed by atoms with van der Waals surface area (Å²) in [7, 11) is 0. The predicted molar refractivity (Wildman–Crippen MR) is 93.3 cm³/mol. The van der Waals surface area contributed by atoms with Crippen molar-refractivity contribution in [2.45, 2.75) is 26.7 Å². The number of ether oxygens (including phenoxy) is 2. The minimum atomic E-state index is 0.568. The molecule has 2 aromatic rings. The van der Waals surface area contributed by atoms with Gasteiger partial charge >= 0.3 is 0 Å². The number of rotatable bonds is 7. The second-order valence-corrected chi connectivity index (χ2v) is 5.61. The van der Waals surface area contributed by atoms with Gasteiger partial charge in [-0.25, -0.2) is 0 Å². The van der Waals surface area contributed by atoms with E-state index in [0.29, 0.717) is 25.0 Å². The minimum Gasteiger partial charge on any atom is -0.486 e. The highest BCUT2D eigenvalue weighted by molar-refractivity contribution is 5.61. The molecule has 0 unspecified atom stereocenters. The molecular weight excluding hydrogens is 306 g/mol. The van der Waals surface area contributed by atoms with Gasteiger partial charge in [-0.2, -0.15) is 10.1 Å². The normalized spacial score (nSPS) is 12.8. The maximum absolute atomic E-state index is 5.61. The second kappa shape index (κ2) is 7.81. The maximum atomic E-state index is 5.61. The highest BCUT2D eigenvalue weighted by atomic mass is 16.6.